The Morgan fingerprint density at radius 1 is 1.24 bits per heavy atom. The van der Waals surface area contributed by atoms with Gasteiger partial charge in [-0.25, -0.2) is 9.97 Å². The van der Waals surface area contributed by atoms with Gasteiger partial charge in [-0.2, -0.15) is 0 Å². The molecular formula is C13H22N4. The lowest BCUT2D eigenvalue weighted by Gasteiger charge is -2.36. The number of hydrogen-bond acceptors (Lipinski definition) is 4. The Labute approximate surface area is 103 Å². The smallest absolute Gasteiger partial charge is 0.222 e. The Morgan fingerprint density at radius 3 is 2.47 bits per heavy atom. The molecule has 0 radical (unpaired) electrons. The summed E-state index contributed by atoms with van der Waals surface area (Å²) in [5.41, 5.74) is 7.29. The number of nitrogens with two attached hydrogens (primary N) is 1. The van der Waals surface area contributed by atoms with E-state index in [0.717, 1.165) is 18.7 Å². The van der Waals surface area contributed by atoms with Gasteiger partial charge in [0, 0.05) is 18.9 Å². The van der Waals surface area contributed by atoms with Crippen LogP contribution in [0.2, 0.25) is 0 Å². The van der Waals surface area contributed by atoms with E-state index in [0.29, 0.717) is 5.95 Å². The third kappa shape index (κ3) is 3.16. The molecule has 0 aromatic carbocycles. The van der Waals surface area contributed by atoms with Crippen LogP contribution in [0.15, 0.2) is 12.4 Å². The van der Waals surface area contributed by atoms with Crippen molar-refractivity contribution in [3.8, 4) is 0 Å². The maximum atomic E-state index is 5.95. The second kappa shape index (κ2) is 5.45. The standard InChI is InChI=1S/C13H22N4/c1-11-7-15-12(16-8-11)17-10-13(9-14)5-3-2-4-6-13/h7-8H,2-6,9-10,14H2,1H3,(H,15,16,17). The predicted molar refractivity (Wildman–Crippen MR) is 69.8 cm³/mol. The number of anilines is 1. The van der Waals surface area contributed by atoms with Gasteiger partial charge in [-0.3, -0.25) is 0 Å². The maximum absolute atomic E-state index is 5.95. The Balaban J connectivity index is 1.93. The van der Waals surface area contributed by atoms with E-state index in [1.54, 1.807) is 0 Å². The first-order valence-electron chi connectivity index (χ1n) is 6.47. The van der Waals surface area contributed by atoms with Crippen molar-refractivity contribution in [2.24, 2.45) is 11.1 Å². The highest BCUT2D eigenvalue weighted by Crippen LogP contribution is 2.35. The second-order valence-electron chi connectivity index (χ2n) is 5.20. The molecule has 1 fully saturated rings. The number of rotatable bonds is 4. The van der Waals surface area contributed by atoms with Crippen LogP contribution < -0.4 is 11.1 Å². The summed E-state index contributed by atoms with van der Waals surface area (Å²) in [5.74, 6) is 0.717. The molecule has 1 aliphatic rings. The van der Waals surface area contributed by atoms with E-state index >= 15 is 0 Å². The molecule has 0 atom stereocenters. The normalized spacial score (nSPS) is 18.9. The summed E-state index contributed by atoms with van der Waals surface area (Å²) >= 11 is 0. The minimum Gasteiger partial charge on any atom is -0.354 e. The van der Waals surface area contributed by atoms with Crippen LogP contribution in [0.4, 0.5) is 5.95 Å². The summed E-state index contributed by atoms with van der Waals surface area (Å²) in [6.07, 6.45) is 10.1. The van der Waals surface area contributed by atoms with E-state index in [4.69, 9.17) is 5.73 Å². The van der Waals surface area contributed by atoms with E-state index in [1.165, 1.54) is 32.1 Å². The summed E-state index contributed by atoms with van der Waals surface area (Å²) in [7, 11) is 0. The summed E-state index contributed by atoms with van der Waals surface area (Å²) in [6, 6.07) is 0. The average Bonchev–Trinajstić information content (AvgIpc) is 2.39. The Hall–Kier alpha value is -1.16. The van der Waals surface area contributed by atoms with Gasteiger partial charge in [-0.1, -0.05) is 19.3 Å². The van der Waals surface area contributed by atoms with Crippen LogP contribution in [0.3, 0.4) is 0 Å². The molecule has 1 aromatic heterocycles. The summed E-state index contributed by atoms with van der Waals surface area (Å²) < 4.78 is 0. The molecule has 0 amide bonds. The molecule has 0 unspecified atom stereocenters. The highest BCUT2D eigenvalue weighted by Gasteiger charge is 2.30. The SMILES string of the molecule is Cc1cnc(NCC2(CN)CCCCC2)nc1. The summed E-state index contributed by atoms with van der Waals surface area (Å²) in [6.45, 7) is 3.64. The third-order valence-corrected chi connectivity index (χ3v) is 3.75. The van der Waals surface area contributed by atoms with Crippen molar-refractivity contribution in [1.29, 1.82) is 0 Å². The van der Waals surface area contributed by atoms with Gasteiger partial charge in [-0.15, -0.1) is 0 Å². The number of hydrogen-bond donors (Lipinski definition) is 2. The van der Waals surface area contributed by atoms with Crippen LogP contribution in [0.5, 0.6) is 0 Å². The highest BCUT2D eigenvalue weighted by atomic mass is 15.1. The molecule has 1 aliphatic carbocycles. The molecule has 1 aromatic rings. The van der Waals surface area contributed by atoms with Gasteiger partial charge >= 0.3 is 0 Å². The first-order chi connectivity index (χ1) is 8.24. The Bertz CT molecular complexity index is 341. The lowest BCUT2D eigenvalue weighted by molar-refractivity contribution is 0.215. The van der Waals surface area contributed by atoms with E-state index in [-0.39, 0.29) is 5.41 Å². The minimum atomic E-state index is 0.256. The third-order valence-electron chi connectivity index (χ3n) is 3.75. The topological polar surface area (TPSA) is 63.8 Å². The fourth-order valence-corrected chi connectivity index (χ4v) is 2.51. The monoisotopic (exact) mass is 234 g/mol. The van der Waals surface area contributed by atoms with Crippen LogP contribution in [0.25, 0.3) is 0 Å². The zero-order valence-corrected chi connectivity index (χ0v) is 10.6. The number of nitrogens with one attached hydrogen (secondary N) is 1. The lowest BCUT2D eigenvalue weighted by atomic mass is 9.74. The minimum absolute atomic E-state index is 0.256. The zero-order valence-electron chi connectivity index (χ0n) is 10.6. The van der Waals surface area contributed by atoms with Crippen LogP contribution in [0, 0.1) is 12.3 Å². The first-order valence-corrected chi connectivity index (χ1v) is 6.47. The Kier molecular flexibility index (Phi) is 3.94. The van der Waals surface area contributed by atoms with Crippen molar-refractivity contribution >= 4 is 5.95 Å². The van der Waals surface area contributed by atoms with Crippen molar-refractivity contribution in [2.75, 3.05) is 18.4 Å². The second-order valence-corrected chi connectivity index (χ2v) is 5.20. The van der Waals surface area contributed by atoms with Gasteiger partial charge in [0.25, 0.3) is 0 Å². The summed E-state index contributed by atoms with van der Waals surface area (Å²) in [4.78, 5) is 8.53. The molecule has 0 bridgehead atoms. The van der Waals surface area contributed by atoms with Crippen LogP contribution in [-0.4, -0.2) is 23.1 Å². The molecule has 0 aliphatic heterocycles. The van der Waals surface area contributed by atoms with Crippen molar-refractivity contribution in [2.45, 2.75) is 39.0 Å². The van der Waals surface area contributed by atoms with Gasteiger partial charge < -0.3 is 11.1 Å². The predicted octanol–water partition coefficient (Wildman–Crippen LogP) is 2.11. The molecule has 94 valence electrons. The fourth-order valence-electron chi connectivity index (χ4n) is 2.51. The molecule has 1 saturated carbocycles. The van der Waals surface area contributed by atoms with Crippen molar-refractivity contribution in [3.63, 3.8) is 0 Å². The molecule has 0 saturated heterocycles. The molecule has 4 heteroatoms. The maximum Gasteiger partial charge on any atom is 0.222 e. The average molecular weight is 234 g/mol. The van der Waals surface area contributed by atoms with Gasteiger partial charge in [0.05, 0.1) is 0 Å². The molecule has 17 heavy (non-hydrogen) atoms. The molecule has 4 nitrogen and oxygen atoms in total. The fraction of sp³-hybridized carbons (Fsp3) is 0.692. The van der Waals surface area contributed by atoms with E-state index in [2.05, 4.69) is 15.3 Å². The zero-order chi connectivity index (χ0) is 12.1. The van der Waals surface area contributed by atoms with Gasteiger partial charge in [0.2, 0.25) is 5.95 Å². The largest absolute Gasteiger partial charge is 0.354 e. The van der Waals surface area contributed by atoms with E-state index in [9.17, 15) is 0 Å². The van der Waals surface area contributed by atoms with Crippen molar-refractivity contribution < 1.29 is 0 Å². The Morgan fingerprint density at radius 2 is 1.88 bits per heavy atom. The van der Waals surface area contributed by atoms with Crippen molar-refractivity contribution in [1.82, 2.24) is 9.97 Å². The van der Waals surface area contributed by atoms with E-state index in [1.807, 2.05) is 19.3 Å². The molecule has 3 N–H and O–H groups in total. The number of aromatic nitrogens is 2. The number of aryl methyl sites for hydroxylation is 1. The van der Waals surface area contributed by atoms with Crippen LogP contribution >= 0.6 is 0 Å². The molecule has 2 rings (SSSR count). The van der Waals surface area contributed by atoms with Gasteiger partial charge in [0.1, 0.15) is 0 Å². The first kappa shape index (κ1) is 12.3. The van der Waals surface area contributed by atoms with Gasteiger partial charge in [-0.05, 0) is 37.3 Å². The number of nitrogens with zero attached hydrogens (tertiary/aromatic N) is 2. The molecule has 0 spiro atoms. The molecular weight excluding hydrogens is 212 g/mol. The van der Waals surface area contributed by atoms with Crippen LogP contribution in [-0.2, 0) is 0 Å². The van der Waals surface area contributed by atoms with Crippen molar-refractivity contribution in [3.05, 3.63) is 18.0 Å². The quantitative estimate of drug-likeness (QED) is 0.837. The lowest BCUT2D eigenvalue weighted by Crippen LogP contribution is -2.39. The van der Waals surface area contributed by atoms with E-state index < -0.39 is 0 Å². The highest BCUT2D eigenvalue weighted by molar-refractivity contribution is 5.25. The van der Waals surface area contributed by atoms with Gasteiger partial charge in [0.15, 0.2) is 0 Å². The molecule has 1 heterocycles. The van der Waals surface area contributed by atoms with Crippen LogP contribution in [0.1, 0.15) is 37.7 Å². The summed E-state index contributed by atoms with van der Waals surface area (Å²) in [5, 5.41) is 3.33.